The summed E-state index contributed by atoms with van der Waals surface area (Å²) in [6, 6.07) is 11.1. The van der Waals surface area contributed by atoms with Crippen LogP contribution in [-0.2, 0) is 11.9 Å². The molecule has 1 aromatic carbocycles. The largest absolute Gasteiger partial charge is 0.481 e. The van der Waals surface area contributed by atoms with E-state index in [2.05, 4.69) is 26.2 Å². The molecular formula is C15H15BrN2O2. The van der Waals surface area contributed by atoms with E-state index in [1.165, 1.54) is 0 Å². The molecule has 0 saturated carbocycles. The number of nitrogens with zero attached hydrogens (tertiary/aromatic N) is 1. The number of carbonyl (C=O) groups is 1. The lowest BCUT2D eigenvalue weighted by atomic mass is 10.1. The van der Waals surface area contributed by atoms with Crippen LogP contribution in [0.5, 0.6) is 5.88 Å². The van der Waals surface area contributed by atoms with Crippen LogP contribution in [0.1, 0.15) is 21.5 Å². The smallest absolute Gasteiger partial charge is 0.251 e. The molecule has 2 aromatic rings. The highest BCUT2D eigenvalue weighted by Gasteiger charge is 2.05. The minimum atomic E-state index is -0.0955. The Morgan fingerprint density at radius 2 is 2.00 bits per heavy atom. The molecule has 1 amide bonds. The second kappa shape index (κ2) is 7.05. The van der Waals surface area contributed by atoms with E-state index in [0.29, 0.717) is 18.0 Å². The van der Waals surface area contributed by atoms with Gasteiger partial charge in [-0.25, -0.2) is 4.98 Å². The van der Waals surface area contributed by atoms with E-state index < -0.39 is 0 Å². The number of rotatable bonds is 5. The Labute approximate surface area is 126 Å². The fourth-order valence-corrected chi connectivity index (χ4v) is 2.08. The van der Waals surface area contributed by atoms with Crippen LogP contribution in [0.3, 0.4) is 0 Å². The van der Waals surface area contributed by atoms with E-state index in [1.807, 2.05) is 30.3 Å². The molecule has 0 spiro atoms. The van der Waals surface area contributed by atoms with Crippen molar-refractivity contribution < 1.29 is 9.53 Å². The Morgan fingerprint density at radius 3 is 2.65 bits per heavy atom. The summed E-state index contributed by atoms with van der Waals surface area (Å²) in [4.78, 5) is 16.0. The van der Waals surface area contributed by atoms with E-state index in [0.717, 1.165) is 16.5 Å². The van der Waals surface area contributed by atoms with Crippen molar-refractivity contribution in [3.05, 3.63) is 59.3 Å². The molecule has 0 fully saturated rings. The molecule has 0 bridgehead atoms. The van der Waals surface area contributed by atoms with Crippen LogP contribution < -0.4 is 10.1 Å². The van der Waals surface area contributed by atoms with Crippen molar-refractivity contribution in [1.82, 2.24) is 10.3 Å². The number of hydrogen-bond donors (Lipinski definition) is 1. The second-order valence-electron chi connectivity index (χ2n) is 4.22. The van der Waals surface area contributed by atoms with E-state index >= 15 is 0 Å². The molecule has 0 aliphatic carbocycles. The predicted molar refractivity (Wildman–Crippen MR) is 81.0 cm³/mol. The van der Waals surface area contributed by atoms with Gasteiger partial charge in [0.15, 0.2) is 0 Å². The molecule has 5 heteroatoms. The zero-order chi connectivity index (χ0) is 14.4. The van der Waals surface area contributed by atoms with Crippen molar-refractivity contribution in [3.8, 4) is 5.88 Å². The van der Waals surface area contributed by atoms with Gasteiger partial charge in [0, 0.05) is 29.7 Å². The molecule has 0 aliphatic heterocycles. The average molecular weight is 335 g/mol. The van der Waals surface area contributed by atoms with Crippen molar-refractivity contribution in [2.24, 2.45) is 0 Å². The van der Waals surface area contributed by atoms with Gasteiger partial charge in [-0.15, -0.1) is 0 Å². The first-order valence-electron chi connectivity index (χ1n) is 6.15. The molecule has 1 N–H and O–H groups in total. The van der Waals surface area contributed by atoms with Crippen LogP contribution in [0, 0.1) is 0 Å². The van der Waals surface area contributed by atoms with Crippen molar-refractivity contribution in [3.63, 3.8) is 0 Å². The number of nitrogens with one attached hydrogen (secondary N) is 1. The molecule has 0 atom stereocenters. The number of hydrogen-bond acceptors (Lipinski definition) is 3. The van der Waals surface area contributed by atoms with E-state index in [-0.39, 0.29) is 5.91 Å². The molecule has 1 aromatic heterocycles. The Morgan fingerprint density at radius 1 is 1.25 bits per heavy atom. The Balaban J connectivity index is 1.97. The molecule has 4 nitrogen and oxygen atoms in total. The zero-order valence-corrected chi connectivity index (χ0v) is 12.7. The molecule has 0 saturated heterocycles. The third-order valence-electron chi connectivity index (χ3n) is 2.83. The number of halogens is 1. The summed E-state index contributed by atoms with van der Waals surface area (Å²) in [7, 11) is 1.57. The molecule has 20 heavy (non-hydrogen) atoms. The van der Waals surface area contributed by atoms with E-state index in [9.17, 15) is 4.79 Å². The van der Waals surface area contributed by atoms with Crippen LogP contribution in [0.15, 0.2) is 42.6 Å². The summed E-state index contributed by atoms with van der Waals surface area (Å²) in [5.41, 5.74) is 2.73. The number of ether oxygens (including phenoxy) is 1. The maximum atomic E-state index is 12.0. The summed E-state index contributed by atoms with van der Waals surface area (Å²) < 4.78 is 5.04. The first-order chi connectivity index (χ1) is 9.72. The van der Waals surface area contributed by atoms with Gasteiger partial charge in [-0.1, -0.05) is 28.1 Å². The van der Waals surface area contributed by atoms with Gasteiger partial charge >= 0.3 is 0 Å². The third-order valence-corrected chi connectivity index (χ3v) is 3.48. The molecule has 0 aliphatic rings. The first-order valence-corrected chi connectivity index (χ1v) is 7.27. The van der Waals surface area contributed by atoms with Crippen molar-refractivity contribution in [1.29, 1.82) is 0 Å². The van der Waals surface area contributed by atoms with Gasteiger partial charge in [-0.2, -0.15) is 0 Å². The number of carbonyl (C=O) groups excluding carboxylic acids is 1. The van der Waals surface area contributed by atoms with Gasteiger partial charge in [0.1, 0.15) is 0 Å². The topological polar surface area (TPSA) is 51.2 Å². The van der Waals surface area contributed by atoms with E-state index in [1.54, 1.807) is 19.4 Å². The van der Waals surface area contributed by atoms with Crippen molar-refractivity contribution >= 4 is 21.8 Å². The van der Waals surface area contributed by atoms with Gasteiger partial charge in [-0.05, 0) is 29.3 Å². The molecule has 104 valence electrons. The van der Waals surface area contributed by atoms with Crippen molar-refractivity contribution in [2.45, 2.75) is 11.9 Å². The first kappa shape index (κ1) is 14.5. The highest BCUT2D eigenvalue weighted by molar-refractivity contribution is 9.08. The Kier molecular flexibility index (Phi) is 5.12. The van der Waals surface area contributed by atoms with Crippen LogP contribution in [0.25, 0.3) is 0 Å². The fraction of sp³-hybridized carbons (Fsp3) is 0.200. The van der Waals surface area contributed by atoms with Gasteiger partial charge in [0.05, 0.1) is 7.11 Å². The van der Waals surface area contributed by atoms with Gasteiger partial charge in [0.2, 0.25) is 5.88 Å². The Bertz CT molecular complexity index is 585. The SMILES string of the molecule is COc1cc(CNC(=O)c2ccc(CBr)cc2)ccn1. The fourth-order valence-electron chi connectivity index (χ4n) is 1.70. The lowest BCUT2D eigenvalue weighted by Gasteiger charge is -2.07. The summed E-state index contributed by atoms with van der Waals surface area (Å²) in [6.07, 6.45) is 1.66. The monoisotopic (exact) mass is 334 g/mol. The lowest BCUT2D eigenvalue weighted by Crippen LogP contribution is -2.22. The normalized spacial score (nSPS) is 10.1. The second-order valence-corrected chi connectivity index (χ2v) is 4.78. The van der Waals surface area contributed by atoms with Crippen LogP contribution >= 0.6 is 15.9 Å². The number of methoxy groups -OCH3 is 1. The number of aromatic nitrogens is 1. The number of pyridine rings is 1. The molecule has 0 unspecified atom stereocenters. The summed E-state index contributed by atoms with van der Waals surface area (Å²) >= 11 is 3.38. The number of amides is 1. The average Bonchev–Trinajstić information content (AvgIpc) is 2.53. The Hall–Kier alpha value is -1.88. The zero-order valence-electron chi connectivity index (χ0n) is 11.1. The molecule has 1 heterocycles. The van der Waals surface area contributed by atoms with Gasteiger partial charge in [0.25, 0.3) is 5.91 Å². The third kappa shape index (κ3) is 3.81. The van der Waals surface area contributed by atoms with Crippen LogP contribution in [0.4, 0.5) is 0 Å². The van der Waals surface area contributed by atoms with E-state index in [4.69, 9.17) is 4.74 Å². The highest BCUT2D eigenvalue weighted by atomic mass is 79.9. The highest BCUT2D eigenvalue weighted by Crippen LogP contribution is 2.10. The standard InChI is InChI=1S/C15H15BrN2O2/c1-20-14-8-12(6-7-17-14)10-18-15(19)13-4-2-11(9-16)3-5-13/h2-8H,9-10H2,1H3,(H,18,19). The minimum Gasteiger partial charge on any atom is -0.481 e. The minimum absolute atomic E-state index is 0.0955. The molecule has 0 radical (unpaired) electrons. The summed E-state index contributed by atoms with van der Waals surface area (Å²) in [6.45, 7) is 0.442. The quantitative estimate of drug-likeness (QED) is 0.855. The van der Waals surface area contributed by atoms with Gasteiger partial charge in [-0.3, -0.25) is 4.79 Å². The summed E-state index contributed by atoms with van der Waals surface area (Å²) in [5.74, 6) is 0.445. The predicted octanol–water partition coefficient (Wildman–Crippen LogP) is 2.92. The maximum absolute atomic E-state index is 12.0. The van der Waals surface area contributed by atoms with Crippen LogP contribution in [0.2, 0.25) is 0 Å². The molecular weight excluding hydrogens is 320 g/mol. The van der Waals surface area contributed by atoms with Crippen LogP contribution in [-0.4, -0.2) is 18.0 Å². The number of alkyl halides is 1. The number of benzene rings is 1. The van der Waals surface area contributed by atoms with Gasteiger partial charge < -0.3 is 10.1 Å². The molecule has 2 rings (SSSR count). The summed E-state index contributed by atoms with van der Waals surface area (Å²) in [5, 5.41) is 3.65. The van der Waals surface area contributed by atoms with Crippen molar-refractivity contribution in [2.75, 3.05) is 7.11 Å². The maximum Gasteiger partial charge on any atom is 0.251 e. The lowest BCUT2D eigenvalue weighted by molar-refractivity contribution is 0.0951.